The Morgan fingerprint density at radius 1 is 1.24 bits per heavy atom. The van der Waals surface area contributed by atoms with Crippen LogP contribution in [0.25, 0.3) is 22.4 Å². The number of piperidine rings is 1. The largest absolute Gasteiger partial charge is 0.463 e. The molecular weight excluding hydrogens is 368 g/mol. The fourth-order valence-electron chi connectivity index (χ4n) is 3.79. The lowest BCUT2D eigenvalue weighted by Gasteiger charge is -2.32. The van der Waals surface area contributed by atoms with E-state index in [1.807, 2.05) is 30.3 Å². The molecule has 0 bridgehead atoms. The first-order chi connectivity index (χ1) is 14.2. The standard InChI is InChI=1S/C22H24N4O3/c23-9-10-24-21(27)15-5-3-11-26(14-15)22(28)17-13-19(20-8-4-12-29-20)25-18-7-2-1-6-16(17)18/h1-2,4,6-8,12-13,15H,3,5,9-11,14,23H2,(H,24,27). The van der Waals surface area contributed by atoms with Crippen LogP contribution in [0.5, 0.6) is 0 Å². The predicted molar refractivity (Wildman–Crippen MR) is 110 cm³/mol. The Morgan fingerprint density at radius 3 is 2.90 bits per heavy atom. The monoisotopic (exact) mass is 392 g/mol. The van der Waals surface area contributed by atoms with Gasteiger partial charge in [0.25, 0.3) is 5.91 Å². The second kappa shape index (κ2) is 8.45. The lowest BCUT2D eigenvalue weighted by atomic mass is 9.96. The molecule has 29 heavy (non-hydrogen) atoms. The van der Waals surface area contributed by atoms with Gasteiger partial charge in [-0.3, -0.25) is 9.59 Å². The number of nitrogens with one attached hydrogen (secondary N) is 1. The molecule has 0 saturated carbocycles. The van der Waals surface area contributed by atoms with Crippen LogP contribution in [0.15, 0.2) is 53.1 Å². The second-order valence-corrected chi connectivity index (χ2v) is 7.22. The smallest absolute Gasteiger partial charge is 0.254 e. The van der Waals surface area contributed by atoms with Gasteiger partial charge in [-0.25, -0.2) is 4.98 Å². The van der Waals surface area contributed by atoms with Crippen LogP contribution >= 0.6 is 0 Å². The number of aromatic nitrogens is 1. The fourth-order valence-corrected chi connectivity index (χ4v) is 3.79. The molecule has 1 unspecified atom stereocenters. The van der Waals surface area contributed by atoms with Crippen molar-refractivity contribution in [2.45, 2.75) is 12.8 Å². The van der Waals surface area contributed by atoms with E-state index in [0.29, 0.717) is 43.2 Å². The molecule has 1 aliphatic heterocycles. The van der Waals surface area contributed by atoms with Crippen molar-refractivity contribution >= 4 is 22.7 Å². The molecule has 7 nitrogen and oxygen atoms in total. The van der Waals surface area contributed by atoms with Crippen molar-refractivity contribution < 1.29 is 14.0 Å². The highest BCUT2D eigenvalue weighted by atomic mass is 16.3. The van der Waals surface area contributed by atoms with E-state index >= 15 is 0 Å². The Balaban J connectivity index is 1.65. The van der Waals surface area contributed by atoms with Gasteiger partial charge in [-0.05, 0) is 37.1 Å². The summed E-state index contributed by atoms with van der Waals surface area (Å²) in [5, 5.41) is 3.63. The average Bonchev–Trinajstić information content (AvgIpc) is 3.31. The number of pyridine rings is 1. The molecule has 3 aromatic rings. The van der Waals surface area contributed by atoms with E-state index in [-0.39, 0.29) is 17.7 Å². The first kappa shape index (κ1) is 19.1. The number of fused-ring (bicyclic) bond motifs is 1. The lowest BCUT2D eigenvalue weighted by Crippen LogP contribution is -2.46. The molecule has 3 heterocycles. The van der Waals surface area contributed by atoms with Crippen molar-refractivity contribution in [3.8, 4) is 11.5 Å². The summed E-state index contributed by atoms with van der Waals surface area (Å²) in [4.78, 5) is 32.2. The molecular formula is C22H24N4O3. The zero-order valence-electron chi connectivity index (χ0n) is 16.1. The highest BCUT2D eigenvalue weighted by Crippen LogP contribution is 2.27. The average molecular weight is 392 g/mol. The normalized spacial score (nSPS) is 16.7. The van der Waals surface area contributed by atoms with Crippen LogP contribution in [0.1, 0.15) is 23.2 Å². The minimum atomic E-state index is -0.211. The number of nitrogens with zero attached hydrogens (tertiary/aromatic N) is 2. The molecule has 3 N–H and O–H groups in total. The summed E-state index contributed by atoms with van der Waals surface area (Å²) in [5.41, 5.74) is 7.40. The molecule has 4 rings (SSSR count). The summed E-state index contributed by atoms with van der Waals surface area (Å²) in [5.74, 6) is 0.274. The van der Waals surface area contributed by atoms with E-state index in [0.717, 1.165) is 23.7 Å². The molecule has 0 aliphatic carbocycles. The van der Waals surface area contributed by atoms with E-state index in [9.17, 15) is 9.59 Å². The van der Waals surface area contributed by atoms with Crippen molar-refractivity contribution in [3.63, 3.8) is 0 Å². The third kappa shape index (κ3) is 4.00. The van der Waals surface area contributed by atoms with Gasteiger partial charge in [0, 0.05) is 31.6 Å². The Hall–Kier alpha value is -3.19. The van der Waals surface area contributed by atoms with Crippen molar-refractivity contribution in [2.75, 3.05) is 26.2 Å². The second-order valence-electron chi connectivity index (χ2n) is 7.22. The predicted octanol–water partition coefficient (Wildman–Crippen LogP) is 2.42. The molecule has 1 aliphatic rings. The van der Waals surface area contributed by atoms with Crippen molar-refractivity contribution in [3.05, 3.63) is 54.3 Å². The van der Waals surface area contributed by atoms with Crippen molar-refractivity contribution in [2.24, 2.45) is 11.7 Å². The number of likely N-dealkylation sites (tertiary alicyclic amines) is 1. The van der Waals surface area contributed by atoms with E-state index in [1.165, 1.54) is 0 Å². The molecule has 2 amide bonds. The molecule has 1 aromatic carbocycles. The van der Waals surface area contributed by atoms with E-state index in [1.54, 1.807) is 23.3 Å². The maximum Gasteiger partial charge on any atom is 0.254 e. The summed E-state index contributed by atoms with van der Waals surface area (Å²) in [6.07, 6.45) is 3.15. The number of amides is 2. The maximum absolute atomic E-state index is 13.4. The zero-order valence-corrected chi connectivity index (χ0v) is 16.1. The van der Waals surface area contributed by atoms with Gasteiger partial charge >= 0.3 is 0 Å². The number of benzene rings is 1. The molecule has 0 spiro atoms. The van der Waals surface area contributed by atoms with Crippen molar-refractivity contribution in [1.82, 2.24) is 15.2 Å². The Bertz CT molecular complexity index is 1020. The molecule has 1 saturated heterocycles. The third-order valence-corrected chi connectivity index (χ3v) is 5.24. The number of carbonyl (C=O) groups excluding carboxylic acids is 2. The van der Waals surface area contributed by atoms with Crippen LogP contribution in [0, 0.1) is 5.92 Å². The maximum atomic E-state index is 13.4. The Morgan fingerprint density at radius 2 is 2.10 bits per heavy atom. The number of hydrogen-bond acceptors (Lipinski definition) is 5. The highest BCUT2D eigenvalue weighted by Gasteiger charge is 2.29. The van der Waals surface area contributed by atoms with Crippen LogP contribution in [0.3, 0.4) is 0 Å². The lowest BCUT2D eigenvalue weighted by molar-refractivity contribution is -0.126. The van der Waals surface area contributed by atoms with Crippen LogP contribution in [0.2, 0.25) is 0 Å². The number of nitrogens with two attached hydrogens (primary N) is 1. The summed E-state index contributed by atoms with van der Waals surface area (Å²) in [6.45, 7) is 1.89. The van der Waals surface area contributed by atoms with E-state index in [2.05, 4.69) is 10.3 Å². The van der Waals surface area contributed by atoms with Gasteiger partial charge in [0.1, 0.15) is 5.69 Å². The van der Waals surface area contributed by atoms with Crippen LogP contribution in [-0.4, -0.2) is 47.9 Å². The minimum Gasteiger partial charge on any atom is -0.463 e. The van der Waals surface area contributed by atoms with Gasteiger partial charge in [-0.2, -0.15) is 0 Å². The van der Waals surface area contributed by atoms with Gasteiger partial charge < -0.3 is 20.4 Å². The Kier molecular flexibility index (Phi) is 5.57. The number of hydrogen-bond donors (Lipinski definition) is 2. The van der Waals surface area contributed by atoms with E-state index < -0.39 is 0 Å². The van der Waals surface area contributed by atoms with E-state index in [4.69, 9.17) is 10.2 Å². The van der Waals surface area contributed by atoms with Gasteiger partial charge in [0.2, 0.25) is 5.91 Å². The molecule has 0 radical (unpaired) electrons. The first-order valence-electron chi connectivity index (χ1n) is 9.88. The quantitative estimate of drug-likeness (QED) is 0.694. The molecule has 1 atom stereocenters. The van der Waals surface area contributed by atoms with Gasteiger partial charge in [0.15, 0.2) is 5.76 Å². The molecule has 150 valence electrons. The van der Waals surface area contributed by atoms with Crippen LogP contribution < -0.4 is 11.1 Å². The first-order valence-corrected chi connectivity index (χ1v) is 9.88. The summed E-state index contributed by atoms with van der Waals surface area (Å²) < 4.78 is 5.48. The summed E-state index contributed by atoms with van der Waals surface area (Å²) in [7, 11) is 0. The Labute approximate surface area is 168 Å². The van der Waals surface area contributed by atoms with Crippen LogP contribution in [-0.2, 0) is 4.79 Å². The SMILES string of the molecule is NCCNC(=O)C1CCCN(C(=O)c2cc(-c3ccco3)nc3ccccc23)C1. The van der Waals surface area contributed by atoms with Gasteiger partial charge in [0.05, 0.1) is 23.3 Å². The van der Waals surface area contributed by atoms with Gasteiger partial charge in [-0.15, -0.1) is 0 Å². The topological polar surface area (TPSA) is 101 Å². The number of para-hydroxylation sites is 1. The molecule has 1 fully saturated rings. The van der Waals surface area contributed by atoms with Crippen molar-refractivity contribution in [1.29, 1.82) is 0 Å². The number of rotatable bonds is 5. The fraction of sp³-hybridized carbons (Fsp3) is 0.318. The summed E-state index contributed by atoms with van der Waals surface area (Å²) in [6, 6.07) is 13.0. The number of carbonyl (C=O) groups is 2. The zero-order chi connectivity index (χ0) is 20.2. The minimum absolute atomic E-state index is 0.0381. The van der Waals surface area contributed by atoms with Crippen LogP contribution in [0.4, 0.5) is 0 Å². The molecule has 7 heteroatoms. The third-order valence-electron chi connectivity index (χ3n) is 5.24. The number of furan rings is 1. The summed E-state index contributed by atoms with van der Waals surface area (Å²) >= 11 is 0. The highest BCUT2D eigenvalue weighted by molar-refractivity contribution is 6.07. The molecule has 2 aromatic heterocycles. The van der Waals surface area contributed by atoms with Gasteiger partial charge in [-0.1, -0.05) is 18.2 Å².